The van der Waals surface area contributed by atoms with Crippen molar-refractivity contribution in [1.82, 2.24) is 0 Å². The molecule has 0 aromatic heterocycles. The van der Waals surface area contributed by atoms with E-state index < -0.39 is 33.4 Å². The fourth-order valence-electron chi connectivity index (χ4n) is 0.938. The molecule has 0 heterocycles. The van der Waals surface area contributed by atoms with Crippen molar-refractivity contribution in [1.29, 1.82) is 0 Å². The predicted molar refractivity (Wildman–Crippen MR) is 51.4 cm³/mol. The third-order valence-electron chi connectivity index (χ3n) is 1.51. The van der Waals surface area contributed by atoms with E-state index in [0.717, 1.165) is 12.1 Å². The van der Waals surface area contributed by atoms with Crippen LogP contribution in [0.3, 0.4) is 0 Å². The van der Waals surface area contributed by atoms with Gasteiger partial charge < -0.3 is 5.11 Å². The highest BCUT2D eigenvalue weighted by molar-refractivity contribution is 7.93. The van der Waals surface area contributed by atoms with Crippen LogP contribution < -0.4 is 4.72 Å². The van der Waals surface area contributed by atoms with Gasteiger partial charge in [0.15, 0.2) is 17.4 Å². The summed E-state index contributed by atoms with van der Waals surface area (Å²) >= 11 is 0. The Balaban J connectivity index is 2.88. The first-order chi connectivity index (χ1) is 7.30. The van der Waals surface area contributed by atoms with Gasteiger partial charge in [-0.15, -0.1) is 0 Å². The summed E-state index contributed by atoms with van der Waals surface area (Å²) in [7, 11) is -4.10. The van der Waals surface area contributed by atoms with E-state index in [1.807, 2.05) is 0 Å². The van der Waals surface area contributed by atoms with Crippen LogP contribution in [0.1, 0.15) is 0 Å². The second-order valence-electron chi connectivity index (χ2n) is 2.88. The molecular weight excluding hydrogens is 244 g/mol. The summed E-state index contributed by atoms with van der Waals surface area (Å²) in [6, 6.07) is 2.33. The maximum Gasteiger partial charge on any atom is 0.320 e. The molecule has 0 atom stereocenters. The van der Waals surface area contributed by atoms with Crippen molar-refractivity contribution < 1.29 is 27.1 Å². The fourth-order valence-corrected chi connectivity index (χ4v) is 1.82. The molecule has 0 aliphatic heterocycles. The number of halogens is 2. The monoisotopic (exact) mass is 251 g/mol. The molecule has 0 unspecified atom stereocenters. The van der Waals surface area contributed by atoms with Gasteiger partial charge in [-0.2, -0.15) is 0 Å². The molecular formula is C8H7F2NO4S. The van der Waals surface area contributed by atoms with Crippen LogP contribution in [0.5, 0.6) is 0 Å². The summed E-state index contributed by atoms with van der Waals surface area (Å²) in [5.74, 6) is -5.04. The van der Waals surface area contributed by atoms with Gasteiger partial charge >= 0.3 is 5.97 Å². The average molecular weight is 251 g/mol. The first-order valence-electron chi connectivity index (χ1n) is 3.97. The maximum atomic E-state index is 12.7. The molecule has 5 nitrogen and oxygen atoms in total. The molecule has 2 N–H and O–H groups in total. The Morgan fingerprint density at radius 1 is 1.31 bits per heavy atom. The maximum absolute atomic E-state index is 12.7. The van der Waals surface area contributed by atoms with Crippen LogP contribution in [0.15, 0.2) is 18.2 Å². The van der Waals surface area contributed by atoms with E-state index in [9.17, 15) is 22.0 Å². The third kappa shape index (κ3) is 3.46. The molecule has 16 heavy (non-hydrogen) atoms. The molecule has 0 fully saturated rings. The Kier molecular flexibility index (Phi) is 3.43. The zero-order valence-corrected chi connectivity index (χ0v) is 8.59. The molecule has 0 amide bonds. The number of hydrogen-bond donors (Lipinski definition) is 2. The topological polar surface area (TPSA) is 83.5 Å². The number of rotatable bonds is 4. The Labute approximate surface area is 89.8 Å². The van der Waals surface area contributed by atoms with Gasteiger partial charge in [-0.1, -0.05) is 0 Å². The number of sulfonamides is 1. The first kappa shape index (κ1) is 12.4. The van der Waals surface area contributed by atoms with E-state index >= 15 is 0 Å². The van der Waals surface area contributed by atoms with Gasteiger partial charge in [0, 0.05) is 6.07 Å². The van der Waals surface area contributed by atoms with E-state index in [2.05, 4.69) is 0 Å². The number of carbonyl (C=O) groups is 1. The lowest BCUT2D eigenvalue weighted by atomic mass is 10.3. The summed E-state index contributed by atoms with van der Waals surface area (Å²) in [4.78, 5) is 10.2. The summed E-state index contributed by atoms with van der Waals surface area (Å²) < 4.78 is 49.2. The Morgan fingerprint density at radius 2 is 1.94 bits per heavy atom. The lowest BCUT2D eigenvalue weighted by Crippen LogP contribution is -2.22. The summed E-state index contributed by atoms with van der Waals surface area (Å²) in [5.41, 5.74) is -0.236. The van der Waals surface area contributed by atoms with E-state index in [1.54, 1.807) is 4.72 Å². The van der Waals surface area contributed by atoms with Gasteiger partial charge in [-0.05, 0) is 12.1 Å². The van der Waals surface area contributed by atoms with Crippen LogP contribution in [-0.4, -0.2) is 25.2 Å². The van der Waals surface area contributed by atoms with Gasteiger partial charge in [0.2, 0.25) is 10.0 Å². The number of carboxylic acids is 1. The molecule has 0 aliphatic rings. The summed E-state index contributed by atoms with van der Waals surface area (Å²) in [6.07, 6.45) is 0. The number of aliphatic carboxylic acids is 1. The molecule has 1 aromatic carbocycles. The quantitative estimate of drug-likeness (QED) is 0.828. The van der Waals surface area contributed by atoms with E-state index in [4.69, 9.17) is 5.11 Å². The van der Waals surface area contributed by atoms with Gasteiger partial charge in [0.25, 0.3) is 0 Å². The normalized spacial score (nSPS) is 11.1. The molecule has 8 heteroatoms. The fraction of sp³-hybridized carbons (Fsp3) is 0.125. The number of nitrogens with one attached hydrogen (secondary N) is 1. The Hall–Kier alpha value is -1.70. The Morgan fingerprint density at radius 3 is 2.44 bits per heavy atom. The highest BCUT2D eigenvalue weighted by Gasteiger charge is 2.16. The lowest BCUT2D eigenvalue weighted by molar-refractivity contribution is -0.134. The van der Waals surface area contributed by atoms with Crippen LogP contribution >= 0.6 is 0 Å². The highest BCUT2D eigenvalue weighted by atomic mass is 32.2. The molecule has 0 aliphatic carbocycles. The molecule has 0 saturated heterocycles. The molecule has 1 rings (SSSR count). The third-order valence-corrected chi connectivity index (χ3v) is 2.68. The number of benzene rings is 1. The van der Waals surface area contributed by atoms with Crippen molar-refractivity contribution in [2.24, 2.45) is 0 Å². The molecule has 0 radical (unpaired) electrons. The van der Waals surface area contributed by atoms with E-state index in [1.165, 1.54) is 0 Å². The molecule has 0 bridgehead atoms. The average Bonchev–Trinajstić information content (AvgIpc) is 2.08. The summed E-state index contributed by atoms with van der Waals surface area (Å²) in [5, 5.41) is 8.27. The largest absolute Gasteiger partial charge is 0.480 e. The zero-order valence-electron chi connectivity index (χ0n) is 7.78. The van der Waals surface area contributed by atoms with Gasteiger partial charge in [0.05, 0.1) is 5.69 Å². The molecule has 0 saturated carbocycles. The standard InChI is InChI=1S/C8H7F2NO4S/c9-6-2-1-5(3-7(6)10)11-16(14,15)4-8(12)13/h1-3,11H,4H2,(H,12,13). The van der Waals surface area contributed by atoms with E-state index in [0.29, 0.717) is 6.07 Å². The SMILES string of the molecule is O=C(O)CS(=O)(=O)Nc1ccc(F)c(F)c1. The van der Waals surface area contributed by atoms with Crippen molar-refractivity contribution in [2.45, 2.75) is 0 Å². The van der Waals surface area contributed by atoms with Crippen molar-refractivity contribution in [3.63, 3.8) is 0 Å². The van der Waals surface area contributed by atoms with Crippen molar-refractivity contribution >= 4 is 21.7 Å². The second-order valence-corrected chi connectivity index (χ2v) is 4.61. The van der Waals surface area contributed by atoms with Crippen LogP contribution in [0.4, 0.5) is 14.5 Å². The van der Waals surface area contributed by atoms with Crippen LogP contribution in [-0.2, 0) is 14.8 Å². The zero-order chi connectivity index (χ0) is 12.3. The summed E-state index contributed by atoms with van der Waals surface area (Å²) in [6.45, 7) is 0. The number of hydrogen-bond acceptors (Lipinski definition) is 3. The van der Waals surface area contributed by atoms with Crippen molar-refractivity contribution in [3.8, 4) is 0 Å². The van der Waals surface area contributed by atoms with Crippen LogP contribution in [0.25, 0.3) is 0 Å². The second kappa shape index (κ2) is 4.44. The van der Waals surface area contributed by atoms with Gasteiger partial charge in [0.1, 0.15) is 0 Å². The van der Waals surface area contributed by atoms with Crippen LogP contribution in [0, 0.1) is 11.6 Å². The van der Waals surface area contributed by atoms with Crippen LogP contribution in [0.2, 0.25) is 0 Å². The highest BCUT2D eigenvalue weighted by Crippen LogP contribution is 2.14. The Bertz CT molecular complexity index is 515. The number of carboxylic acid groups (broad SMARTS) is 1. The minimum absolute atomic E-state index is 0.236. The van der Waals surface area contributed by atoms with Crippen molar-refractivity contribution in [3.05, 3.63) is 29.8 Å². The predicted octanol–water partition coefficient (Wildman–Crippen LogP) is 0.791. The molecule has 88 valence electrons. The van der Waals surface area contributed by atoms with E-state index in [-0.39, 0.29) is 5.69 Å². The van der Waals surface area contributed by atoms with Gasteiger partial charge in [-0.25, -0.2) is 17.2 Å². The first-order valence-corrected chi connectivity index (χ1v) is 5.63. The molecule has 1 aromatic rings. The van der Waals surface area contributed by atoms with Crippen molar-refractivity contribution in [2.75, 3.05) is 10.5 Å². The lowest BCUT2D eigenvalue weighted by Gasteiger charge is -2.05. The minimum atomic E-state index is -4.10. The minimum Gasteiger partial charge on any atom is -0.480 e. The number of anilines is 1. The van der Waals surface area contributed by atoms with Gasteiger partial charge in [-0.3, -0.25) is 9.52 Å². The smallest absolute Gasteiger partial charge is 0.320 e. The molecule has 0 spiro atoms.